The number of rotatable bonds is 5. The van der Waals surface area contributed by atoms with Crippen molar-refractivity contribution in [2.75, 3.05) is 13.1 Å². The van der Waals surface area contributed by atoms with Crippen LogP contribution in [0.15, 0.2) is 17.5 Å². The van der Waals surface area contributed by atoms with Gasteiger partial charge in [0.05, 0.1) is 12.6 Å². The molecule has 5 nitrogen and oxygen atoms in total. The van der Waals surface area contributed by atoms with Gasteiger partial charge in [0.2, 0.25) is 5.91 Å². The summed E-state index contributed by atoms with van der Waals surface area (Å²) in [5.41, 5.74) is -0.0995. The molecule has 22 heavy (non-hydrogen) atoms. The lowest BCUT2D eigenvalue weighted by molar-refractivity contribution is -0.142. The number of likely N-dealkylation sites (tertiary alicyclic amines) is 1. The van der Waals surface area contributed by atoms with Crippen LogP contribution >= 0.6 is 11.3 Å². The summed E-state index contributed by atoms with van der Waals surface area (Å²) in [7, 11) is 0. The summed E-state index contributed by atoms with van der Waals surface area (Å²) in [6, 6.07) is 3.41. The molecule has 0 aromatic carbocycles. The van der Waals surface area contributed by atoms with Gasteiger partial charge in [0.15, 0.2) is 0 Å². The van der Waals surface area contributed by atoms with Gasteiger partial charge in [-0.25, -0.2) is 0 Å². The largest absolute Gasteiger partial charge is 0.480 e. The second-order valence-electron chi connectivity index (χ2n) is 6.85. The minimum Gasteiger partial charge on any atom is -0.480 e. The molecular formula is C16H24N2O3S. The number of carboxylic acids is 1. The third-order valence-electron chi connectivity index (χ3n) is 3.99. The number of amides is 1. The summed E-state index contributed by atoms with van der Waals surface area (Å²) >= 11 is 1.63. The molecule has 0 saturated carbocycles. The van der Waals surface area contributed by atoms with Gasteiger partial charge in [-0.2, -0.15) is 0 Å². The second-order valence-corrected chi connectivity index (χ2v) is 7.83. The molecule has 2 heterocycles. The van der Waals surface area contributed by atoms with Crippen molar-refractivity contribution in [2.45, 2.75) is 45.7 Å². The fourth-order valence-corrected chi connectivity index (χ4v) is 3.88. The first-order valence-corrected chi connectivity index (χ1v) is 8.46. The molecule has 1 fully saturated rings. The molecular weight excluding hydrogens is 300 g/mol. The van der Waals surface area contributed by atoms with Crippen LogP contribution < -0.4 is 5.32 Å². The zero-order valence-corrected chi connectivity index (χ0v) is 14.2. The summed E-state index contributed by atoms with van der Waals surface area (Å²) in [4.78, 5) is 26.4. The zero-order chi connectivity index (χ0) is 16.3. The Bertz CT molecular complexity index is 522. The summed E-state index contributed by atoms with van der Waals surface area (Å²) in [6.07, 6.45) is 1.45. The molecule has 2 N–H and O–H groups in total. The maximum atomic E-state index is 12.4. The number of aliphatic carboxylic acids is 1. The molecule has 1 aliphatic heterocycles. The van der Waals surface area contributed by atoms with E-state index in [1.54, 1.807) is 16.2 Å². The fourth-order valence-electron chi connectivity index (χ4n) is 2.86. The molecule has 1 unspecified atom stereocenters. The number of thiophene rings is 1. The van der Waals surface area contributed by atoms with Crippen molar-refractivity contribution in [3.05, 3.63) is 22.4 Å². The Morgan fingerprint density at radius 1 is 1.50 bits per heavy atom. The Balaban J connectivity index is 2.01. The van der Waals surface area contributed by atoms with Crippen molar-refractivity contribution in [3.63, 3.8) is 0 Å². The number of hydrogen-bond donors (Lipinski definition) is 2. The molecule has 1 aromatic heterocycles. The average molecular weight is 324 g/mol. The predicted molar refractivity (Wildman–Crippen MR) is 86.9 cm³/mol. The Labute approximate surface area is 135 Å². The van der Waals surface area contributed by atoms with E-state index in [1.807, 2.05) is 17.5 Å². The van der Waals surface area contributed by atoms with E-state index in [0.717, 1.165) is 11.3 Å². The third kappa shape index (κ3) is 4.08. The van der Waals surface area contributed by atoms with E-state index in [1.165, 1.54) is 0 Å². The van der Waals surface area contributed by atoms with Crippen LogP contribution in [0.3, 0.4) is 0 Å². The lowest BCUT2D eigenvalue weighted by atomic mass is 9.85. The van der Waals surface area contributed by atoms with Crippen molar-refractivity contribution in [3.8, 4) is 0 Å². The molecule has 1 saturated heterocycles. The Morgan fingerprint density at radius 3 is 2.77 bits per heavy atom. The van der Waals surface area contributed by atoms with Gasteiger partial charge >= 0.3 is 5.97 Å². The zero-order valence-electron chi connectivity index (χ0n) is 13.3. The minimum atomic E-state index is -0.837. The summed E-state index contributed by atoms with van der Waals surface area (Å²) in [5, 5.41) is 14.3. The third-order valence-corrected chi connectivity index (χ3v) is 4.93. The first-order valence-electron chi connectivity index (χ1n) is 7.58. The van der Waals surface area contributed by atoms with Gasteiger partial charge in [-0.1, -0.05) is 26.8 Å². The molecule has 2 atom stereocenters. The van der Waals surface area contributed by atoms with E-state index < -0.39 is 12.0 Å². The molecule has 2 rings (SSSR count). The molecule has 122 valence electrons. The van der Waals surface area contributed by atoms with E-state index in [0.29, 0.717) is 13.0 Å². The number of carboxylic acid groups (broad SMARTS) is 1. The van der Waals surface area contributed by atoms with Crippen LogP contribution in [0.5, 0.6) is 0 Å². The van der Waals surface area contributed by atoms with Crippen LogP contribution in [0.4, 0.5) is 0 Å². The first kappa shape index (κ1) is 17.0. The van der Waals surface area contributed by atoms with Crippen molar-refractivity contribution in [2.24, 2.45) is 5.41 Å². The van der Waals surface area contributed by atoms with Crippen molar-refractivity contribution in [1.29, 1.82) is 0 Å². The topological polar surface area (TPSA) is 69.6 Å². The van der Waals surface area contributed by atoms with Gasteiger partial charge in [-0.3, -0.25) is 14.5 Å². The Hall–Kier alpha value is -1.40. The number of nitrogens with zero attached hydrogens (tertiary/aromatic N) is 1. The number of hydrogen-bond acceptors (Lipinski definition) is 4. The highest BCUT2D eigenvalue weighted by molar-refractivity contribution is 7.10. The van der Waals surface area contributed by atoms with Gasteiger partial charge in [0.1, 0.15) is 6.04 Å². The maximum absolute atomic E-state index is 12.4. The standard InChI is InChI=1S/C16H24N2O3S/c1-16(2,3)14(12-7-5-9-22-12)17-13(19)10-18-8-4-6-11(18)15(20)21/h5,7,9,11,14H,4,6,8,10H2,1-3H3,(H,17,19)(H,20,21)/t11-,14?/m1/s1. The molecule has 0 bridgehead atoms. The second kappa shape index (κ2) is 6.79. The maximum Gasteiger partial charge on any atom is 0.320 e. The fraction of sp³-hybridized carbons (Fsp3) is 0.625. The summed E-state index contributed by atoms with van der Waals surface area (Å²) in [6.45, 7) is 7.09. The normalized spacial score (nSPS) is 20.8. The molecule has 0 aliphatic carbocycles. The molecule has 1 aliphatic rings. The smallest absolute Gasteiger partial charge is 0.320 e. The minimum absolute atomic E-state index is 0.0640. The van der Waals surface area contributed by atoms with E-state index in [4.69, 9.17) is 0 Å². The van der Waals surface area contributed by atoms with Crippen LogP contribution in [-0.2, 0) is 9.59 Å². The first-order chi connectivity index (χ1) is 10.3. The van der Waals surface area contributed by atoms with E-state index >= 15 is 0 Å². The lowest BCUT2D eigenvalue weighted by Crippen LogP contribution is -2.45. The average Bonchev–Trinajstić information content (AvgIpc) is 3.05. The number of carbonyl (C=O) groups excluding carboxylic acids is 1. The molecule has 1 aromatic rings. The molecule has 0 radical (unpaired) electrons. The SMILES string of the molecule is CC(C)(C)C(NC(=O)CN1CCC[C@@H]1C(=O)O)c1cccs1. The van der Waals surface area contributed by atoms with Gasteiger partial charge in [0.25, 0.3) is 0 Å². The van der Waals surface area contributed by atoms with Crippen molar-refractivity contribution < 1.29 is 14.7 Å². The van der Waals surface area contributed by atoms with Crippen molar-refractivity contribution >= 4 is 23.2 Å². The monoisotopic (exact) mass is 324 g/mol. The predicted octanol–water partition coefficient (Wildman–Crippen LogP) is 2.50. The van der Waals surface area contributed by atoms with Crippen molar-refractivity contribution in [1.82, 2.24) is 10.2 Å². The summed E-state index contributed by atoms with van der Waals surface area (Å²) < 4.78 is 0. The van der Waals surface area contributed by atoms with Crippen LogP contribution in [0.25, 0.3) is 0 Å². The molecule has 6 heteroatoms. The number of carbonyl (C=O) groups is 2. The van der Waals surface area contributed by atoms with Gasteiger partial charge in [-0.15, -0.1) is 11.3 Å². The Morgan fingerprint density at radius 2 is 2.23 bits per heavy atom. The Kier molecular flexibility index (Phi) is 5.24. The highest BCUT2D eigenvalue weighted by Crippen LogP contribution is 2.35. The number of nitrogens with one attached hydrogen (secondary N) is 1. The molecule has 0 spiro atoms. The molecule has 1 amide bonds. The van der Waals surface area contributed by atoms with Gasteiger partial charge in [0, 0.05) is 4.88 Å². The van der Waals surface area contributed by atoms with Crippen LogP contribution in [0.1, 0.15) is 44.5 Å². The van der Waals surface area contributed by atoms with E-state index in [9.17, 15) is 14.7 Å². The van der Waals surface area contributed by atoms with Gasteiger partial charge in [-0.05, 0) is 36.2 Å². The highest BCUT2D eigenvalue weighted by Gasteiger charge is 2.33. The van der Waals surface area contributed by atoms with Crippen LogP contribution in [0, 0.1) is 5.41 Å². The summed E-state index contributed by atoms with van der Waals surface area (Å²) in [5.74, 6) is -0.947. The van der Waals surface area contributed by atoms with Crippen LogP contribution in [0.2, 0.25) is 0 Å². The highest BCUT2D eigenvalue weighted by atomic mass is 32.1. The van der Waals surface area contributed by atoms with Crippen LogP contribution in [-0.4, -0.2) is 41.0 Å². The van der Waals surface area contributed by atoms with E-state index in [2.05, 4.69) is 26.1 Å². The van der Waals surface area contributed by atoms with Gasteiger partial charge < -0.3 is 10.4 Å². The van der Waals surface area contributed by atoms with E-state index in [-0.39, 0.29) is 23.9 Å². The quantitative estimate of drug-likeness (QED) is 0.873. The lowest BCUT2D eigenvalue weighted by Gasteiger charge is -2.31.